The van der Waals surface area contributed by atoms with Gasteiger partial charge in [0.1, 0.15) is 5.75 Å². The second-order valence-electron chi connectivity index (χ2n) is 5.10. The second-order valence-corrected chi connectivity index (χ2v) is 6.33. The Bertz CT molecular complexity index is 677. The topological polar surface area (TPSA) is 24.5 Å². The van der Waals surface area contributed by atoms with Gasteiger partial charge in [0.15, 0.2) is 5.11 Å². The first-order valence-corrected chi connectivity index (χ1v) is 8.22. The highest BCUT2D eigenvalue weighted by Crippen LogP contribution is 2.22. The molecule has 0 heterocycles. The summed E-state index contributed by atoms with van der Waals surface area (Å²) in [5, 5.41) is 5.16. The quantitative estimate of drug-likeness (QED) is 0.784. The van der Waals surface area contributed by atoms with Crippen LogP contribution in [0.15, 0.2) is 42.5 Å². The summed E-state index contributed by atoms with van der Waals surface area (Å²) < 4.78 is 5.14. The molecule has 2 aromatic carbocycles. The van der Waals surface area contributed by atoms with E-state index in [1.807, 2.05) is 48.3 Å². The Labute approximate surface area is 152 Å². The van der Waals surface area contributed by atoms with E-state index < -0.39 is 0 Å². The minimum absolute atomic E-state index is 0.616. The van der Waals surface area contributed by atoms with Crippen molar-refractivity contribution >= 4 is 40.5 Å². The van der Waals surface area contributed by atoms with E-state index in [-0.39, 0.29) is 0 Å². The largest absolute Gasteiger partial charge is 0.497 e. The van der Waals surface area contributed by atoms with E-state index in [1.165, 1.54) is 0 Å². The Morgan fingerprint density at radius 1 is 1.17 bits per heavy atom. The Balaban J connectivity index is 1.89. The Hall–Kier alpha value is -1.49. The number of thiocarbonyl (C=S) groups is 1. The normalized spacial score (nSPS) is 10.3. The SMILES string of the molecule is COc1ccc(CNC(=S)N(C)Cc2ccc(Cl)cc2Cl)cc1. The van der Waals surface area contributed by atoms with Gasteiger partial charge in [-0.15, -0.1) is 0 Å². The van der Waals surface area contributed by atoms with E-state index in [2.05, 4.69) is 5.32 Å². The van der Waals surface area contributed by atoms with Crippen LogP contribution in [0, 0.1) is 0 Å². The molecule has 0 spiro atoms. The number of ether oxygens (including phenoxy) is 1. The molecule has 0 saturated heterocycles. The molecule has 2 rings (SSSR count). The second kappa shape index (κ2) is 8.39. The highest BCUT2D eigenvalue weighted by Gasteiger charge is 2.08. The molecule has 1 N–H and O–H groups in total. The third-order valence-corrected chi connectivity index (χ3v) is 4.42. The van der Waals surface area contributed by atoms with Gasteiger partial charge in [0.2, 0.25) is 0 Å². The first-order chi connectivity index (χ1) is 11.0. The van der Waals surface area contributed by atoms with Crippen molar-refractivity contribution in [2.45, 2.75) is 13.1 Å². The minimum atomic E-state index is 0.616. The third-order valence-electron chi connectivity index (χ3n) is 3.37. The van der Waals surface area contributed by atoms with Gasteiger partial charge in [0, 0.05) is 30.2 Å². The number of rotatable bonds is 5. The fourth-order valence-electron chi connectivity index (χ4n) is 2.03. The van der Waals surface area contributed by atoms with Crippen molar-refractivity contribution in [2.24, 2.45) is 0 Å². The maximum Gasteiger partial charge on any atom is 0.169 e. The number of hydrogen-bond acceptors (Lipinski definition) is 2. The van der Waals surface area contributed by atoms with Crippen molar-refractivity contribution < 1.29 is 4.74 Å². The summed E-state index contributed by atoms with van der Waals surface area (Å²) >= 11 is 17.5. The monoisotopic (exact) mass is 368 g/mol. The fourth-order valence-corrected chi connectivity index (χ4v) is 2.64. The van der Waals surface area contributed by atoms with Crippen molar-refractivity contribution in [3.63, 3.8) is 0 Å². The number of nitrogens with zero attached hydrogens (tertiary/aromatic N) is 1. The van der Waals surface area contributed by atoms with Gasteiger partial charge >= 0.3 is 0 Å². The first kappa shape index (κ1) is 17.9. The van der Waals surface area contributed by atoms with Crippen molar-refractivity contribution in [1.29, 1.82) is 0 Å². The molecule has 122 valence electrons. The zero-order chi connectivity index (χ0) is 16.8. The molecule has 0 unspecified atom stereocenters. The van der Waals surface area contributed by atoms with Crippen LogP contribution in [0.3, 0.4) is 0 Å². The number of methoxy groups -OCH3 is 1. The molecule has 0 amide bonds. The molecule has 0 aromatic heterocycles. The first-order valence-electron chi connectivity index (χ1n) is 7.05. The van der Waals surface area contributed by atoms with Gasteiger partial charge in [-0.25, -0.2) is 0 Å². The summed E-state index contributed by atoms with van der Waals surface area (Å²) in [6.07, 6.45) is 0. The van der Waals surface area contributed by atoms with E-state index in [9.17, 15) is 0 Å². The van der Waals surface area contributed by atoms with Gasteiger partial charge in [-0.2, -0.15) is 0 Å². The molecule has 3 nitrogen and oxygen atoms in total. The fraction of sp³-hybridized carbons (Fsp3) is 0.235. The lowest BCUT2D eigenvalue weighted by molar-refractivity contribution is 0.414. The molecule has 0 aliphatic rings. The molecule has 23 heavy (non-hydrogen) atoms. The van der Waals surface area contributed by atoms with Gasteiger partial charge in [0.25, 0.3) is 0 Å². The van der Waals surface area contributed by atoms with Crippen LogP contribution in [-0.4, -0.2) is 24.2 Å². The molecule has 2 aromatic rings. The molecule has 0 saturated carbocycles. The van der Waals surface area contributed by atoms with Crippen LogP contribution in [0.5, 0.6) is 5.75 Å². The summed E-state index contributed by atoms with van der Waals surface area (Å²) in [7, 11) is 3.58. The number of nitrogens with one attached hydrogen (secondary N) is 1. The van der Waals surface area contributed by atoms with Crippen molar-refractivity contribution in [1.82, 2.24) is 10.2 Å². The standard InChI is InChI=1S/C17H18Cl2N2OS/c1-21(11-13-5-6-14(18)9-16(13)19)17(23)20-10-12-3-7-15(22-2)8-4-12/h3-9H,10-11H2,1-2H3,(H,20,23). The molecule has 0 aliphatic heterocycles. The lowest BCUT2D eigenvalue weighted by atomic mass is 10.2. The highest BCUT2D eigenvalue weighted by molar-refractivity contribution is 7.80. The van der Waals surface area contributed by atoms with E-state index in [1.54, 1.807) is 13.2 Å². The van der Waals surface area contributed by atoms with Crippen LogP contribution >= 0.6 is 35.4 Å². The molecule has 0 aliphatic carbocycles. The van der Waals surface area contributed by atoms with Crippen LogP contribution in [0.1, 0.15) is 11.1 Å². The van der Waals surface area contributed by atoms with Gasteiger partial charge in [-0.1, -0.05) is 41.4 Å². The number of benzene rings is 2. The zero-order valence-corrected chi connectivity index (χ0v) is 15.3. The predicted octanol–water partition coefficient (Wildman–Crippen LogP) is 4.51. The van der Waals surface area contributed by atoms with Gasteiger partial charge in [0.05, 0.1) is 7.11 Å². The molecule has 0 atom stereocenters. The molecule has 6 heteroatoms. The summed E-state index contributed by atoms with van der Waals surface area (Å²) in [5.41, 5.74) is 2.11. The molecule has 0 bridgehead atoms. The summed E-state index contributed by atoms with van der Waals surface area (Å²) in [6, 6.07) is 13.3. The molecule has 0 radical (unpaired) electrons. The molecular formula is C17H18Cl2N2OS. The van der Waals surface area contributed by atoms with E-state index in [0.29, 0.717) is 28.2 Å². The van der Waals surface area contributed by atoms with E-state index >= 15 is 0 Å². The molecular weight excluding hydrogens is 351 g/mol. The van der Waals surface area contributed by atoms with Crippen LogP contribution < -0.4 is 10.1 Å². The Morgan fingerprint density at radius 2 is 1.87 bits per heavy atom. The van der Waals surface area contributed by atoms with Crippen LogP contribution in [-0.2, 0) is 13.1 Å². The van der Waals surface area contributed by atoms with Crippen molar-refractivity contribution in [2.75, 3.05) is 14.2 Å². The number of hydrogen-bond donors (Lipinski definition) is 1. The van der Waals surface area contributed by atoms with Gasteiger partial charge in [-0.3, -0.25) is 0 Å². The Kier molecular flexibility index (Phi) is 6.51. The van der Waals surface area contributed by atoms with Gasteiger partial charge in [-0.05, 0) is 47.6 Å². The Morgan fingerprint density at radius 3 is 2.48 bits per heavy atom. The van der Waals surface area contributed by atoms with Crippen LogP contribution in [0.4, 0.5) is 0 Å². The van der Waals surface area contributed by atoms with Crippen molar-refractivity contribution in [3.8, 4) is 5.75 Å². The summed E-state index contributed by atoms with van der Waals surface area (Å²) in [5.74, 6) is 0.839. The average molecular weight is 369 g/mol. The van der Waals surface area contributed by atoms with Crippen LogP contribution in [0.2, 0.25) is 10.0 Å². The van der Waals surface area contributed by atoms with E-state index in [0.717, 1.165) is 16.9 Å². The highest BCUT2D eigenvalue weighted by atomic mass is 35.5. The van der Waals surface area contributed by atoms with Gasteiger partial charge < -0.3 is 15.0 Å². The maximum atomic E-state index is 6.19. The predicted molar refractivity (Wildman–Crippen MR) is 100 cm³/mol. The summed E-state index contributed by atoms with van der Waals surface area (Å²) in [4.78, 5) is 1.94. The lowest BCUT2D eigenvalue weighted by Crippen LogP contribution is -2.36. The number of halogens is 2. The zero-order valence-electron chi connectivity index (χ0n) is 13.0. The molecule has 0 fully saturated rings. The minimum Gasteiger partial charge on any atom is -0.497 e. The lowest BCUT2D eigenvalue weighted by Gasteiger charge is -2.22. The average Bonchev–Trinajstić information content (AvgIpc) is 2.55. The van der Waals surface area contributed by atoms with Crippen molar-refractivity contribution in [3.05, 3.63) is 63.6 Å². The van der Waals surface area contributed by atoms with E-state index in [4.69, 9.17) is 40.2 Å². The third kappa shape index (κ3) is 5.27. The van der Waals surface area contributed by atoms with Crippen LogP contribution in [0.25, 0.3) is 0 Å². The maximum absolute atomic E-state index is 6.19. The smallest absolute Gasteiger partial charge is 0.169 e. The summed E-state index contributed by atoms with van der Waals surface area (Å²) in [6.45, 7) is 1.27.